The van der Waals surface area contributed by atoms with E-state index in [1.807, 2.05) is 0 Å². The molecule has 0 aromatic carbocycles. The first kappa shape index (κ1) is 11.2. The second-order valence-electron chi connectivity index (χ2n) is 2.85. The van der Waals surface area contributed by atoms with Gasteiger partial charge in [-0.15, -0.1) is 0 Å². The first-order chi connectivity index (χ1) is 7.02. The van der Waals surface area contributed by atoms with Crippen molar-refractivity contribution >= 4 is 11.7 Å². The number of carbonyl (C=O) groups is 1. The largest absolute Gasteiger partial charge is 0.464 e. The van der Waals surface area contributed by atoms with Gasteiger partial charge in [0.1, 0.15) is 5.69 Å². The summed E-state index contributed by atoms with van der Waals surface area (Å²) in [6.45, 7) is 3.60. The minimum Gasteiger partial charge on any atom is -0.464 e. The normalized spacial score (nSPS) is 10.1. The SMILES string of the molecule is CCn1nc(C)c([N+](=O)[O-])c1C(=O)OC. The minimum atomic E-state index is -0.746. The van der Waals surface area contributed by atoms with Gasteiger partial charge in [0.15, 0.2) is 0 Å². The zero-order chi connectivity index (χ0) is 11.6. The van der Waals surface area contributed by atoms with Gasteiger partial charge in [-0.25, -0.2) is 4.79 Å². The molecule has 0 aliphatic carbocycles. The highest BCUT2D eigenvalue weighted by Gasteiger charge is 2.30. The molecule has 7 nitrogen and oxygen atoms in total. The van der Waals surface area contributed by atoms with Crippen LogP contribution in [0.2, 0.25) is 0 Å². The molecule has 0 fully saturated rings. The van der Waals surface area contributed by atoms with Gasteiger partial charge in [-0.05, 0) is 13.8 Å². The predicted octanol–water partition coefficient (Wildman–Crippen LogP) is 0.906. The fourth-order valence-electron chi connectivity index (χ4n) is 1.32. The molecule has 0 spiro atoms. The summed E-state index contributed by atoms with van der Waals surface area (Å²) in [7, 11) is 1.17. The Balaban J connectivity index is 3.42. The Bertz CT molecular complexity index is 410. The summed E-state index contributed by atoms with van der Waals surface area (Å²) < 4.78 is 5.74. The van der Waals surface area contributed by atoms with Crippen molar-refractivity contribution in [1.82, 2.24) is 9.78 Å². The van der Waals surface area contributed by atoms with Crippen LogP contribution in [0.1, 0.15) is 23.1 Å². The van der Waals surface area contributed by atoms with E-state index in [2.05, 4.69) is 9.84 Å². The van der Waals surface area contributed by atoms with Crippen LogP contribution in [0.3, 0.4) is 0 Å². The molecule has 82 valence electrons. The summed E-state index contributed by atoms with van der Waals surface area (Å²) in [5, 5.41) is 14.6. The molecule has 0 saturated heterocycles. The highest BCUT2D eigenvalue weighted by molar-refractivity contribution is 5.92. The fraction of sp³-hybridized carbons (Fsp3) is 0.500. The molecule has 15 heavy (non-hydrogen) atoms. The number of hydrogen-bond acceptors (Lipinski definition) is 5. The Labute approximate surface area is 85.8 Å². The lowest BCUT2D eigenvalue weighted by molar-refractivity contribution is -0.385. The Morgan fingerprint density at radius 3 is 2.67 bits per heavy atom. The molecule has 0 radical (unpaired) electrons. The van der Waals surface area contributed by atoms with Crippen LogP contribution in [-0.2, 0) is 11.3 Å². The number of ether oxygens (including phenoxy) is 1. The third-order valence-corrected chi connectivity index (χ3v) is 1.96. The van der Waals surface area contributed by atoms with Crippen molar-refractivity contribution in [3.05, 3.63) is 21.5 Å². The molecule has 0 aliphatic rings. The standard InChI is InChI=1S/C8H11N3O4/c1-4-10-7(8(12)15-3)6(11(13)14)5(2)9-10/h4H2,1-3H3. The van der Waals surface area contributed by atoms with Crippen molar-refractivity contribution < 1.29 is 14.5 Å². The monoisotopic (exact) mass is 213 g/mol. The third kappa shape index (κ3) is 1.80. The van der Waals surface area contributed by atoms with Crippen LogP contribution in [0.5, 0.6) is 0 Å². The summed E-state index contributed by atoms with van der Waals surface area (Å²) >= 11 is 0. The number of aryl methyl sites for hydroxylation is 2. The number of hydrogen-bond donors (Lipinski definition) is 0. The van der Waals surface area contributed by atoms with E-state index in [1.165, 1.54) is 18.7 Å². The van der Waals surface area contributed by atoms with Gasteiger partial charge in [0.05, 0.1) is 12.0 Å². The van der Waals surface area contributed by atoms with Crippen LogP contribution >= 0.6 is 0 Å². The van der Waals surface area contributed by atoms with Crippen molar-refractivity contribution in [1.29, 1.82) is 0 Å². The first-order valence-electron chi connectivity index (χ1n) is 4.33. The minimum absolute atomic E-state index is 0.109. The van der Waals surface area contributed by atoms with E-state index in [9.17, 15) is 14.9 Å². The smallest absolute Gasteiger partial charge is 0.363 e. The Kier molecular flexibility index (Phi) is 3.03. The average Bonchev–Trinajstić information content (AvgIpc) is 2.53. The van der Waals surface area contributed by atoms with E-state index < -0.39 is 10.9 Å². The molecule has 0 amide bonds. The summed E-state index contributed by atoms with van der Waals surface area (Å²) in [6, 6.07) is 0. The lowest BCUT2D eigenvalue weighted by Gasteiger charge is -2.00. The van der Waals surface area contributed by atoms with E-state index >= 15 is 0 Å². The lowest BCUT2D eigenvalue weighted by atomic mass is 10.3. The number of methoxy groups -OCH3 is 1. The van der Waals surface area contributed by atoms with Crippen LogP contribution in [-0.4, -0.2) is 27.8 Å². The average molecular weight is 213 g/mol. The highest BCUT2D eigenvalue weighted by atomic mass is 16.6. The maximum absolute atomic E-state index is 11.3. The van der Waals surface area contributed by atoms with Gasteiger partial charge >= 0.3 is 11.7 Å². The molecule has 0 bridgehead atoms. The van der Waals surface area contributed by atoms with E-state index in [0.717, 1.165) is 0 Å². The molecule has 1 heterocycles. The molecule has 0 unspecified atom stereocenters. The van der Waals surface area contributed by atoms with Crippen molar-refractivity contribution in [2.24, 2.45) is 0 Å². The molecule has 0 saturated carbocycles. The first-order valence-corrected chi connectivity index (χ1v) is 4.33. The van der Waals surface area contributed by atoms with Crippen LogP contribution < -0.4 is 0 Å². The molecule has 0 atom stereocenters. The zero-order valence-corrected chi connectivity index (χ0v) is 8.68. The number of aromatic nitrogens is 2. The summed E-state index contributed by atoms with van der Waals surface area (Å²) in [5.74, 6) is -0.746. The number of rotatable bonds is 3. The van der Waals surface area contributed by atoms with Crippen molar-refractivity contribution in [2.45, 2.75) is 20.4 Å². The molecular formula is C8H11N3O4. The fourth-order valence-corrected chi connectivity index (χ4v) is 1.32. The molecule has 7 heteroatoms. The van der Waals surface area contributed by atoms with Crippen molar-refractivity contribution in [3.63, 3.8) is 0 Å². The third-order valence-electron chi connectivity index (χ3n) is 1.96. The van der Waals surface area contributed by atoms with Crippen molar-refractivity contribution in [3.8, 4) is 0 Å². The maximum Gasteiger partial charge on any atom is 0.363 e. The van der Waals surface area contributed by atoms with Gasteiger partial charge in [0.25, 0.3) is 0 Å². The van der Waals surface area contributed by atoms with Gasteiger partial charge in [0.2, 0.25) is 5.69 Å². The molecule has 1 aromatic heterocycles. The molecule has 0 N–H and O–H groups in total. The van der Waals surface area contributed by atoms with Gasteiger partial charge in [-0.2, -0.15) is 5.10 Å². The second-order valence-corrected chi connectivity index (χ2v) is 2.85. The number of carbonyl (C=O) groups excluding carboxylic acids is 1. The van der Waals surface area contributed by atoms with Gasteiger partial charge in [0, 0.05) is 6.54 Å². The van der Waals surface area contributed by atoms with Crippen LogP contribution in [0.25, 0.3) is 0 Å². The number of esters is 1. The van der Waals surface area contributed by atoms with Crippen molar-refractivity contribution in [2.75, 3.05) is 7.11 Å². The predicted molar refractivity (Wildman–Crippen MR) is 50.6 cm³/mol. The Morgan fingerprint density at radius 1 is 1.67 bits per heavy atom. The van der Waals surface area contributed by atoms with E-state index in [1.54, 1.807) is 6.92 Å². The quantitative estimate of drug-likeness (QED) is 0.423. The van der Waals surface area contributed by atoms with Gasteiger partial charge < -0.3 is 4.74 Å². The lowest BCUT2D eigenvalue weighted by Crippen LogP contribution is -2.12. The van der Waals surface area contributed by atoms with Crippen LogP contribution in [0.15, 0.2) is 0 Å². The highest BCUT2D eigenvalue weighted by Crippen LogP contribution is 2.23. The van der Waals surface area contributed by atoms with E-state index in [0.29, 0.717) is 6.54 Å². The number of nitro groups is 1. The summed E-state index contributed by atoms with van der Waals surface area (Å²) in [6.07, 6.45) is 0. The Morgan fingerprint density at radius 2 is 2.27 bits per heavy atom. The molecule has 1 aromatic rings. The van der Waals surface area contributed by atoms with Gasteiger partial charge in [-0.1, -0.05) is 0 Å². The van der Waals surface area contributed by atoms with E-state index in [-0.39, 0.29) is 17.1 Å². The Hall–Kier alpha value is -1.92. The molecule has 0 aliphatic heterocycles. The van der Waals surface area contributed by atoms with Crippen LogP contribution in [0, 0.1) is 17.0 Å². The van der Waals surface area contributed by atoms with Crippen LogP contribution in [0.4, 0.5) is 5.69 Å². The summed E-state index contributed by atoms with van der Waals surface area (Å²) in [5.41, 5.74) is -0.187. The molecular weight excluding hydrogens is 202 g/mol. The summed E-state index contributed by atoms with van der Waals surface area (Å²) in [4.78, 5) is 21.5. The zero-order valence-electron chi connectivity index (χ0n) is 8.68. The van der Waals surface area contributed by atoms with Gasteiger partial charge in [-0.3, -0.25) is 14.8 Å². The number of nitrogens with zero attached hydrogens (tertiary/aromatic N) is 3. The maximum atomic E-state index is 11.3. The topological polar surface area (TPSA) is 87.3 Å². The second kappa shape index (κ2) is 4.07. The molecule has 1 rings (SSSR count). The van der Waals surface area contributed by atoms with E-state index in [4.69, 9.17) is 0 Å².